The van der Waals surface area contributed by atoms with Crippen molar-refractivity contribution < 1.29 is 19.5 Å². The number of nitrogens with zero attached hydrogens (tertiary/aromatic N) is 3. The van der Waals surface area contributed by atoms with Crippen LogP contribution < -0.4 is 4.90 Å². The molecule has 1 aromatic heterocycles. The van der Waals surface area contributed by atoms with Gasteiger partial charge in [-0.15, -0.1) is 0 Å². The number of pyridine rings is 1. The van der Waals surface area contributed by atoms with E-state index in [2.05, 4.69) is 4.98 Å². The number of aliphatic hydroxyl groups excluding tert-OH is 1. The summed E-state index contributed by atoms with van der Waals surface area (Å²) in [5.74, 6) is -0.350. The monoisotopic (exact) mass is 431 g/mol. The Balaban J connectivity index is 1.34. The van der Waals surface area contributed by atoms with Crippen molar-refractivity contribution in [3.05, 3.63) is 71.6 Å². The molecule has 2 aliphatic rings. The lowest BCUT2D eigenvalue weighted by atomic mass is 10.0. The number of hydrogen-bond acceptors (Lipinski definition) is 5. The Bertz CT molecular complexity index is 1080. The minimum absolute atomic E-state index is 0.0881. The van der Waals surface area contributed by atoms with Gasteiger partial charge in [0, 0.05) is 30.9 Å². The first-order chi connectivity index (χ1) is 15.5. The van der Waals surface area contributed by atoms with E-state index in [9.17, 15) is 14.4 Å². The maximum atomic E-state index is 12.6. The summed E-state index contributed by atoms with van der Waals surface area (Å²) in [7, 11) is 0. The highest BCUT2D eigenvalue weighted by atomic mass is 16.3. The van der Waals surface area contributed by atoms with Gasteiger partial charge in [-0.25, -0.2) is 4.98 Å². The second-order valence-corrected chi connectivity index (χ2v) is 7.90. The van der Waals surface area contributed by atoms with E-state index in [1.165, 1.54) is 18.2 Å². The molecule has 7 nitrogen and oxygen atoms in total. The van der Waals surface area contributed by atoms with Crippen LogP contribution in [0.2, 0.25) is 0 Å². The molecule has 2 aromatic rings. The molecule has 1 N–H and O–H groups in total. The highest BCUT2D eigenvalue weighted by Crippen LogP contribution is 2.33. The summed E-state index contributed by atoms with van der Waals surface area (Å²) >= 11 is 0. The van der Waals surface area contributed by atoms with Gasteiger partial charge >= 0.3 is 0 Å². The molecule has 0 radical (unpaired) electrons. The summed E-state index contributed by atoms with van der Waals surface area (Å²) < 4.78 is 0. The molecule has 2 aliphatic heterocycles. The molecule has 0 unspecified atom stereocenters. The molecule has 0 atom stereocenters. The molecule has 0 aliphatic carbocycles. The molecule has 1 saturated heterocycles. The van der Waals surface area contributed by atoms with Crippen LogP contribution in [0.1, 0.15) is 29.8 Å². The van der Waals surface area contributed by atoms with E-state index in [1.807, 2.05) is 29.2 Å². The van der Waals surface area contributed by atoms with Gasteiger partial charge in [0.05, 0.1) is 17.8 Å². The third-order valence-electron chi connectivity index (χ3n) is 5.79. The standard InChI is InChI=1S/C25H25N3O4/c29-17-22(30)10-8-19-5-3-6-20(26-19)9-11-24(31)27-14-12-21(13-15-27)28-23-7-2-1-4-18(23)16-25(28)32/h1-11,21,29H,12-17H2/b10-8+,11-9+. The number of benzene rings is 1. The molecule has 1 fully saturated rings. The quantitative estimate of drug-likeness (QED) is 0.709. The molecule has 3 heterocycles. The molecule has 1 aromatic carbocycles. The number of carbonyl (C=O) groups is 3. The normalized spacial score (nSPS) is 16.8. The van der Waals surface area contributed by atoms with Crippen LogP contribution in [0.5, 0.6) is 0 Å². The first kappa shape index (κ1) is 21.6. The van der Waals surface area contributed by atoms with Gasteiger partial charge in [-0.2, -0.15) is 0 Å². The lowest BCUT2D eigenvalue weighted by molar-refractivity contribution is -0.127. The average Bonchev–Trinajstić information content (AvgIpc) is 3.17. The number of anilines is 1. The number of para-hydroxylation sites is 1. The number of aromatic nitrogens is 1. The van der Waals surface area contributed by atoms with Gasteiger partial charge in [-0.3, -0.25) is 14.4 Å². The molecular weight excluding hydrogens is 406 g/mol. The van der Waals surface area contributed by atoms with E-state index in [-0.39, 0.29) is 17.9 Å². The number of likely N-dealkylation sites (tertiary alicyclic amines) is 1. The van der Waals surface area contributed by atoms with Gasteiger partial charge in [0.15, 0.2) is 5.78 Å². The van der Waals surface area contributed by atoms with Crippen molar-refractivity contribution in [1.29, 1.82) is 0 Å². The third-order valence-corrected chi connectivity index (χ3v) is 5.79. The zero-order valence-electron chi connectivity index (χ0n) is 17.7. The number of aliphatic hydroxyl groups is 1. The first-order valence-electron chi connectivity index (χ1n) is 10.7. The van der Waals surface area contributed by atoms with Crippen molar-refractivity contribution in [2.75, 3.05) is 24.6 Å². The van der Waals surface area contributed by atoms with Gasteiger partial charge in [0.25, 0.3) is 0 Å². The highest BCUT2D eigenvalue weighted by molar-refractivity contribution is 6.02. The van der Waals surface area contributed by atoms with Crippen LogP contribution in [0.4, 0.5) is 5.69 Å². The van der Waals surface area contributed by atoms with Crippen molar-refractivity contribution in [2.24, 2.45) is 0 Å². The SMILES string of the molecule is O=C(/C=C/c1cccc(/C=C/C(=O)N2CCC(N3C(=O)Cc4ccccc43)CC2)n1)CO. The van der Waals surface area contributed by atoms with Crippen molar-refractivity contribution in [2.45, 2.75) is 25.3 Å². The molecule has 32 heavy (non-hydrogen) atoms. The molecule has 0 saturated carbocycles. The Morgan fingerprint density at radius 1 is 1.00 bits per heavy atom. The smallest absolute Gasteiger partial charge is 0.246 e. The van der Waals surface area contributed by atoms with E-state index in [1.54, 1.807) is 29.2 Å². The zero-order valence-corrected chi connectivity index (χ0v) is 17.7. The number of fused-ring (bicyclic) bond motifs is 1. The summed E-state index contributed by atoms with van der Waals surface area (Å²) in [4.78, 5) is 44.4. The molecule has 2 amide bonds. The van der Waals surface area contributed by atoms with Crippen molar-refractivity contribution in [3.63, 3.8) is 0 Å². The van der Waals surface area contributed by atoms with Gasteiger partial charge in [-0.05, 0) is 54.8 Å². The van der Waals surface area contributed by atoms with Crippen LogP contribution in [0, 0.1) is 0 Å². The molecule has 0 spiro atoms. The van der Waals surface area contributed by atoms with E-state index in [0.717, 1.165) is 24.1 Å². The fraction of sp³-hybridized carbons (Fsp3) is 0.280. The van der Waals surface area contributed by atoms with Crippen LogP contribution in [0.25, 0.3) is 12.2 Å². The van der Waals surface area contributed by atoms with Crippen molar-refractivity contribution in [3.8, 4) is 0 Å². The second kappa shape index (κ2) is 9.70. The Labute approximate surface area is 186 Å². The fourth-order valence-electron chi connectivity index (χ4n) is 4.17. The molecular formula is C25H25N3O4. The Kier molecular flexibility index (Phi) is 6.56. The van der Waals surface area contributed by atoms with E-state index in [0.29, 0.717) is 30.9 Å². The Morgan fingerprint density at radius 3 is 2.41 bits per heavy atom. The number of piperidine rings is 1. The first-order valence-corrected chi connectivity index (χ1v) is 10.7. The van der Waals surface area contributed by atoms with E-state index < -0.39 is 12.4 Å². The summed E-state index contributed by atoms with van der Waals surface area (Å²) in [5, 5.41) is 8.78. The van der Waals surface area contributed by atoms with Gasteiger partial charge < -0.3 is 14.9 Å². The van der Waals surface area contributed by atoms with E-state index in [4.69, 9.17) is 5.11 Å². The topological polar surface area (TPSA) is 90.8 Å². The Hall–Kier alpha value is -3.58. The van der Waals surface area contributed by atoms with Gasteiger partial charge in [0.1, 0.15) is 6.61 Å². The molecule has 164 valence electrons. The second-order valence-electron chi connectivity index (χ2n) is 7.90. The average molecular weight is 431 g/mol. The zero-order chi connectivity index (χ0) is 22.5. The number of carbonyl (C=O) groups excluding carboxylic acids is 3. The van der Waals surface area contributed by atoms with Crippen molar-refractivity contribution in [1.82, 2.24) is 9.88 Å². The van der Waals surface area contributed by atoms with Crippen LogP contribution in [-0.4, -0.2) is 58.3 Å². The maximum absolute atomic E-state index is 12.6. The Morgan fingerprint density at radius 2 is 1.69 bits per heavy atom. The fourth-order valence-corrected chi connectivity index (χ4v) is 4.17. The predicted molar refractivity (Wildman–Crippen MR) is 122 cm³/mol. The van der Waals surface area contributed by atoms with Gasteiger partial charge in [-0.1, -0.05) is 24.3 Å². The highest BCUT2D eigenvalue weighted by Gasteiger charge is 2.35. The maximum Gasteiger partial charge on any atom is 0.246 e. The lowest BCUT2D eigenvalue weighted by Gasteiger charge is -2.36. The van der Waals surface area contributed by atoms with Crippen LogP contribution >= 0.6 is 0 Å². The third kappa shape index (κ3) is 4.84. The predicted octanol–water partition coefficient (Wildman–Crippen LogP) is 2.25. The summed E-state index contributed by atoms with van der Waals surface area (Å²) in [6, 6.07) is 13.3. The minimum Gasteiger partial charge on any atom is -0.388 e. The van der Waals surface area contributed by atoms with Gasteiger partial charge in [0.2, 0.25) is 11.8 Å². The lowest BCUT2D eigenvalue weighted by Crippen LogP contribution is -2.47. The van der Waals surface area contributed by atoms with Crippen LogP contribution in [0.3, 0.4) is 0 Å². The summed E-state index contributed by atoms with van der Waals surface area (Å²) in [6.45, 7) is 0.651. The number of rotatable bonds is 6. The minimum atomic E-state index is -0.542. The van der Waals surface area contributed by atoms with Crippen LogP contribution in [-0.2, 0) is 20.8 Å². The number of hydrogen-bond donors (Lipinski definition) is 1. The largest absolute Gasteiger partial charge is 0.388 e. The van der Waals surface area contributed by atoms with E-state index >= 15 is 0 Å². The molecule has 4 rings (SSSR count). The number of amides is 2. The van der Waals surface area contributed by atoms with Crippen molar-refractivity contribution >= 4 is 35.4 Å². The molecule has 7 heteroatoms. The molecule has 0 bridgehead atoms. The van der Waals surface area contributed by atoms with Crippen LogP contribution in [0.15, 0.2) is 54.6 Å². The summed E-state index contributed by atoms with van der Waals surface area (Å²) in [5.41, 5.74) is 3.25. The number of ketones is 1. The summed E-state index contributed by atoms with van der Waals surface area (Å²) in [6.07, 6.45) is 7.90.